The molecule has 0 radical (unpaired) electrons. The third-order valence-corrected chi connectivity index (χ3v) is 1.32. The molecule has 0 atom stereocenters. The van der Waals surface area contributed by atoms with E-state index in [-0.39, 0.29) is 13.2 Å². The third kappa shape index (κ3) is 15.4. The van der Waals surface area contributed by atoms with Crippen molar-refractivity contribution in [1.82, 2.24) is 0 Å². The molecule has 0 spiro atoms. The summed E-state index contributed by atoms with van der Waals surface area (Å²) < 4.78 is 0. The molecule has 0 saturated heterocycles. The highest BCUT2D eigenvalue weighted by atomic mass is 16.3. The van der Waals surface area contributed by atoms with Gasteiger partial charge in [0.05, 0.1) is 0 Å². The van der Waals surface area contributed by atoms with Crippen molar-refractivity contribution in [2.75, 3.05) is 13.2 Å². The van der Waals surface area contributed by atoms with Crippen LogP contribution in [0.15, 0.2) is 30.3 Å². The Kier molecular flexibility index (Phi) is 16.2. The van der Waals surface area contributed by atoms with Crippen molar-refractivity contribution in [2.45, 2.75) is 12.8 Å². The zero-order valence-corrected chi connectivity index (χ0v) is 8.67. The molecule has 4 nitrogen and oxygen atoms in total. The zero-order valence-electron chi connectivity index (χ0n) is 8.67. The van der Waals surface area contributed by atoms with Crippen molar-refractivity contribution < 1.29 is 20.1 Å². The Balaban J connectivity index is 0. The number of phenolic OH excluding ortho intramolecular Hbond substituents is 1. The summed E-state index contributed by atoms with van der Waals surface area (Å²) in [4.78, 5) is 8.00. The van der Waals surface area contributed by atoms with Crippen LogP contribution in [0.1, 0.15) is 12.8 Å². The SMILES string of the molecule is C=O.OCCCCO.Oc1ccccc1. The van der Waals surface area contributed by atoms with Crippen molar-refractivity contribution >= 4 is 6.79 Å². The molecular weight excluding hydrogens is 196 g/mol. The van der Waals surface area contributed by atoms with Gasteiger partial charge >= 0.3 is 0 Å². The first-order valence-corrected chi connectivity index (χ1v) is 4.56. The van der Waals surface area contributed by atoms with Crippen LogP contribution in [0.5, 0.6) is 5.75 Å². The lowest BCUT2D eigenvalue weighted by Crippen LogP contribution is -1.85. The molecule has 0 aromatic heterocycles. The van der Waals surface area contributed by atoms with Gasteiger partial charge in [-0.25, -0.2) is 0 Å². The van der Waals surface area contributed by atoms with E-state index in [1.807, 2.05) is 12.9 Å². The van der Waals surface area contributed by atoms with Gasteiger partial charge in [-0.2, -0.15) is 0 Å². The summed E-state index contributed by atoms with van der Waals surface area (Å²) in [5, 5.41) is 24.8. The van der Waals surface area contributed by atoms with Crippen molar-refractivity contribution in [3.63, 3.8) is 0 Å². The second kappa shape index (κ2) is 15.1. The highest BCUT2D eigenvalue weighted by molar-refractivity contribution is 5.18. The molecule has 0 aliphatic heterocycles. The van der Waals surface area contributed by atoms with Crippen LogP contribution in [-0.4, -0.2) is 35.3 Å². The van der Waals surface area contributed by atoms with Crippen LogP contribution in [0.4, 0.5) is 0 Å². The third-order valence-electron chi connectivity index (χ3n) is 1.32. The molecule has 0 aliphatic carbocycles. The minimum Gasteiger partial charge on any atom is -0.508 e. The van der Waals surface area contributed by atoms with Crippen molar-refractivity contribution in [2.24, 2.45) is 0 Å². The monoisotopic (exact) mass is 214 g/mol. The number of carbonyl (C=O) groups is 1. The summed E-state index contributed by atoms with van der Waals surface area (Å²) in [6, 6.07) is 8.71. The molecule has 0 saturated carbocycles. The molecule has 0 aliphatic rings. The number of aliphatic hydroxyl groups excluding tert-OH is 2. The highest BCUT2D eigenvalue weighted by Gasteiger charge is 1.77. The van der Waals surface area contributed by atoms with E-state index in [2.05, 4.69) is 0 Å². The highest BCUT2D eigenvalue weighted by Crippen LogP contribution is 2.02. The predicted octanol–water partition coefficient (Wildman–Crippen LogP) is 0.959. The molecule has 0 fully saturated rings. The van der Waals surface area contributed by atoms with E-state index in [9.17, 15) is 0 Å². The first kappa shape index (κ1) is 16.1. The molecule has 1 aromatic carbocycles. The number of hydrogen-bond donors (Lipinski definition) is 3. The Labute approximate surface area is 89.8 Å². The van der Waals surface area contributed by atoms with E-state index in [0.29, 0.717) is 5.75 Å². The Morgan fingerprint density at radius 3 is 1.53 bits per heavy atom. The fraction of sp³-hybridized carbons (Fsp3) is 0.364. The number of phenols is 1. The van der Waals surface area contributed by atoms with E-state index in [0.717, 1.165) is 12.8 Å². The average molecular weight is 214 g/mol. The first-order chi connectivity index (χ1) is 7.31. The van der Waals surface area contributed by atoms with Crippen LogP contribution < -0.4 is 0 Å². The molecular formula is C11H18O4. The molecule has 0 bridgehead atoms. The van der Waals surface area contributed by atoms with Gasteiger partial charge in [0.15, 0.2) is 0 Å². The number of aromatic hydroxyl groups is 1. The van der Waals surface area contributed by atoms with Gasteiger partial charge in [0, 0.05) is 13.2 Å². The summed E-state index contributed by atoms with van der Waals surface area (Å²) >= 11 is 0. The first-order valence-electron chi connectivity index (χ1n) is 4.56. The fourth-order valence-electron chi connectivity index (χ4n) is 0.652. The number of aliphatic hydroxyl groups is 2. The topological polar surface area (TPSA) is 77.8 Å². The summed E-state index contributed by atoms with van der Waals surface area (Å²) in [5.41, 5.74) is 0. The number of hydrogen-bond acceptors (Lipinski definition) is 4. The Bertz CT molecular complexity index is 197. The van der Waals surface area contributed by atoms with Crippen LogP contribution in [0, 0.1) is 0 Å². The van der Waals surface area contributed by atoms with E-state index in [4.69, 9.17) is 20.1 Å². The lowest BCUT2D eigenvalue weighted by molar-refractivity contribution is -0.0979. The zero-order chi connectivity index (χ0) is 11.9. The molecule has 1 aromatic rings. The number of rotatable bonds is 3. The van der Waals surface area contributed by atoms with Gasteiger partial charge in [0.1, 0.15) is 12.5 Å². The Morgan fingerprint density at radius 1 is 0.933 bits per heavy atom. The molecule has 15 heavy (non-hydrogen) atoms. The molecule has 3 N–H and O–H groups in total. The number of carbonyl (C=O) groups excluding carboxylic acids is 1. The molecule has 0 unspecified atom stereocenters. The fourth-order valence-corrected chi connectivity index (χ4v) is 0.652. The molecule has 0 amide bonds. The van der Waals surface area contributed by atoms with Gasteiger partial charge in [0.25, 0.3) is 0 Å². The predicted molar refractivity (Wildman–Crippen MR) is 58.6 cm³/mol. The summed E-state index contributed by atoms with van der Waals surface area (Å²) in [6.45, 7) is 2.39. The Hall–Kier alpha value is -1.39. The van der Waals surface area contributed by atoms with Gasteiger partial charge in [0.2, 0.25) is 0 Å². The van der Waals surface area contributed by atoms with Gasteiger partial charge in [-0.1, -0.05) is 18.2 Å². The van der Waals surface area contributed by atoms with Crippen LogP contribution >= 0.6 is 0 Å². The Morgan fingerprint density at radius 2 is 1.33 bits per heavy atom. The number of benzene rings is 1. The minimum atomic E-state index is 0.195. The van der Waals surface area contributed by atoms with Gasteiger partial charge < -0.3 is 20.1 Å². The number of unbranched alkanes of at least 4 members (excludes halogenated alkanes) is 1. The largest absolute Gasteiger partial charge is 0.508 e. The molecule has 0 heterocycles. The standard InChI is InChI=1S/C6H6O.C4H10O2.CH2O/c7-6-4-2-1-3-5-6;5-3-1-2-4-6;1-2/h1-5,7H;5-6H,1-4H2;1H2. The van der Waals surface area contributed by atoms with Crippen molar-refractivity contribution in [3.05, 3.63) is 30.3 Å². The summed E-state index contributed by atoms with van der Waals surface area (Å²) in [5.74, 6) is 0.322. The van der Waals surface area contributed by atoms with Crippen molar-refractivity contribution in [3.8, 4) is 5.75 Å². The lowest BCUT2D eigenvalue weighted by atomic mass is 10.3. The maximum Gasteiger partial charge on any atom is 0.115 e. The van der Waals surface area contributed by atoms with Crippen LogP contribution in [0.3, 0.4) is 0 Å². The second-order valence-corrected chi connectivity index (χ2v) is 2.49. The van der Waals surface area contributed by atoms with Gasteiger partial charge in [-0.15, -0.1) is 0 Å². The van der Waals surface area contributed by atoms with Crippen LogP contribution in [-0.2, 0) is 4.79 Å². The summed E-state index contributed by atoms with van der Waals surface area (Å²) in [6.07, 6.45) is 1.44. The minimum absolute atomic E-state index is 0.195. The van der Waals surface area contributed by atoms with Gasteiger partial charge in [-0.3, -0.25) is 0 Å². The van der Waals surface area contributed by atoms with Crippen molar-refractivity contribution in [1.29, 1.82) is 0 Å². The van der Waals surface area contributed by atoms with E-state index in [1.54, 1.807) is 24.3 Å². The average Bonchev–Trinajstić information content (AvgIpc) is 2.31. The molecule has 86 valence electrons. The summed E-state index contributed by atoms with van der Waals surface area (Å²) in [7, 11) is 0. The van der Waals surface area contributed by atoms with Crippen LogP contribution in [0.2, 0.25) is 0 Å². The maximum absolute atomic E-state index is 8.63. The van der Waals surface area contributed by atoms with E-state index >= 15 is 0 Å². The van der Waals surface area contributed by atoms with Crippen LogP contribution in [0.25, 0.3) is 0 Å². The molecule has 4 heteroatoms. The normalized spacial score (nSPS) is 7.87. The smallest absolute Gasteiger partial charge is 0.115 e. The quantitative estimate of drug-likeness (QED) is 0.655. The van der Waals surface area contributed by atoms with E-state index in [1.165, 1.54) is 0 Å². The lowest BCUT2D eigenvalue weighted by Gasteiger charge is -1.85. The maximum atomic E-state index is 8.63. The van der Waals surface area contributed by atoms with Gasteiger partial charge in [-0.05, 0) is 25.0 Å². The number of para-hydroxylation sites is 1. The second-order valence-electron chi connectivity index (χ2n) is 2.49. The molecule has 1 rings (SSSR count). The van der Waals surface area contributed by atoms with E-state index < -0.39 is 0 Å².